The summed E-state index contributed by atoms with van der Waals surface area (Å²) in [5, 5.41) is 0. The predicted octanol–water partition coefficient (Wildman–Crippen LogP) is 1.44. The van der Waals surface area contributed by atoms with Crippen LogP contribution in [-0.4, -0.2) is 22.3 Å². The van der Waals surface area contributed by atoms with Crippen LogP contribution in [0, 0.1) is 0 Å². The Kier molecular flexibility index (Phi) is 1.40. The third kappa shape index (κ3) is 1.21. The van der Waals surface area contributed by atoms with Crippen LogP contribution in [0.2, 0.25) is 0 Å². The maximum atomic E-state index is 5.18. The highest BCUT2D eigenvalue weighted by molar-refractivity contribution is 5.74. The summed E-state index contributed by atoms with van der Waals surface area (Å²) < 4.78 is 7.33. The van der Waals surface area contributed by atoms with Crippen LogP contribution in [0.15, 0.2) is 30.6 Å². The van der Waals surface area contributed by atoms with E-state index in [4.69, 9.17) is 4.74 Å². The molecule has 0 saturated carbocycles. The minimum atomic E-state index is 0.414. The Morgan fingerprint density at radius 3 is 3.15 bits per heavy atom. The van der Waals surface area contributed by atoms with Crippen LogP contribution in [0.4, 0.5) is 0 Å². The largest absolute Gasteiger partial charge is 0.371 e. The van der Waals surface area contributed by atoms with Gasteiger partial charge in [-0.2, -0.15) is 0 Å². The van der Waals surface area contributed by atoms with Gasteiger partial charge in [0.1, 0.15) is 0 Å². The molecular weight excluding hydrogens is 164 g/mol. The van der Waals surface area contributed by atoms with Crippen LogP contribution in [0.5, 0.6) is 0 Å². The second kappa shape index (κ2) is 2.57. The van der Waals surface area contributed by atoms with E-state index in [0.717, 1.165) is 18.7 Å². The number of benzene rings is 1. The maximum Gasteiger partial charge on any atom is 0.0988 e. The summed E-state index contributed by atoms with van der Waals surface area (Å²) in [4.78, 5) is 4.31. The lowest BCUT2D eigenvalue weighted by Crippen LogP contribution is -2.01. The van der Waals surface area contributed by atoms with Gasteiger partial charge in [0.05, 0.1) is 36.6 Å². The molecule has 1 fully saturated rings. The molecule has 0 unspecified atom stereocenters. The molecule has 0 bridgehead atoms. The number of para-hydroxylation sites is 2. The molecule has 1 aromatic heterocycles. The molecule has 2 aromatic rings. The number of aromatic nitrogens is 2. The maximum absolute atomic E-state index is 5.18. The fraction of sp³-hybridized carbons (Fsp3) is 0.300. The summed E-state index contributed by atoms with van der Waals surface area (Å²) in [7, 11) is 0. The van der Waals surface area contributed by atoms with Gasteiger partial charge in [-0.1, -0.05) is 12.1 Å². The quantitative estimate of drug-likeness (QED) is 0.645. The van der Waals surface area contributed by atoms with Crippen molar-refractivity contribution in [1.29, 1.82) is 0 Å². The second-order valence-corrected chi connectivity index (χ2v) is 3.34. The van der Waals surface area contributed by atoms with Crippen molar-refractivity contribution in [3.8, 4) is 0 Å². The highest BCUT2D eigenvalue weighted by Gasteiger charge is 2.23. The number of rotatable bonds is 2. The molecule has 0 radical (unpaired) electrons. The number of hydrogen-bond donors (Lipinski definition) is 0. The molecule has 0 aliphatic carbocycles. The molecule has 0 amide bonds. The topological polar surface area (TPSA) is 30.4 Å². The Labute approximate surface area is 76.0 Å². The molecule has 2 heterocycles. The lowest BCUT2D eigenvalue weighted by molar-refractivity contribution is 0.385. The molecule has 1 atom stereocenters. The van der Waals surface area contributed by atoms with E-state index < -0.39 is 0 Å². The minimum Gasteiger partial charge on any atom is -0.371 e. The number of hydrogen-bond acceptors (Lipinski definition) is 2. The monoisotopic (exact) mass is 174 g/mol. The predicted molar refractivity (Wildman–Crippen MR) is 49.5 cm³/mol. The first-order chi connectivity index (χ1) is 6.43. The Hall–Kier alpha value is -1.35. The van der Waals surface area contributed by atoms with E-state index in [0.29, 0.717) is 6.10 Å². The van der Waals surface area contributed by atoms with Crippen molar-refractivity contribution in [2.24, 2.45) is 0 Å². The van der Waals surface area contributed by atoms with Gasteiger partial charge >= 0.3 is 0 Å². The fourth-order valence-electron chi connectivity index (χ4n) is 1.55. The van der Waals surface area contributed by atoms with Crippen LogP contribution >= 0.6 is 0 Å². The lowest BCUT2D eigenvalue weighted by atomic mass is 10.3. The zero-order valence-electron chi connectivity index (χ0n) is 7.18. The van der Waals surface area contributed by atoms with E-state index in [2.05, 4.69) is 15.6 Å². The number of fused-ring (bicyclic) bond motifs is 1. The molecule has 0 N–H and O–H groups in total. The summed E-state index contributed by atoms with van der Waals surface area (Å²) in [6.07, 6.45) is 2.30. The number of nitrogens with zero attached hydrogens (tertiary/aromatic N) is 2. The van der Waals surface area contributed by atoms with Gasteiger partial charge in [-0.3, -0.25) is 0 Å². The Morgan fingerprint density at radius 1 is 1.46 bits per heavy atom. The first-order valence-corrected chi connectivity index (χ1v) is 4.45. The summed E-state index contributed by atoms with van der Waals surface area (Å²) >= 11 is 0. The lowest BCUT2D eigenvalue weighted by Gasteiger charge is -1.99. The third-order valence-electron chi connectivity index (χ3n) is 2.33. The van der Waals surface area contributed by atoms with Gasteiger partial charge in [0.15, 0.2) is 0 Å². The van der Waals surface area contributed by atoms with Crippen molar-refractivity contribution in [2.45, 2.75) is 12.6 Å². The summed E-state index contributed by atoms with van der Waals surface area (Å²) in [5.74, 6) is 0. The highest BCUT2D eigenvalue weighted by Crippen LogP contribution is 2.17. The Balaban J connectivity index is 2.06. The standard InChI is InChI=1S/C10H10N2O/c1-2-4-10-9(3-1)11-7-12(10)5-8-6-13-8/h1-4,7-8H,5-6H2/t8-/m0/s1. The van der Waals surface area contributed by atoms with E-state index >= 15 is 0 Å². The van der Waals surface area contributed by atoms with Crippen molar-refractivity contribution >= 4 is 11.0 Å². The van der Waals surface area contributed by atoms with Crippen LogP contribution in [0.25, 0.3) is 11.0 Å². The molecule has 3 nitrogen and oxygen atoms in total. The van der Waals surface area contributed by atoms with E-state index in [1.165, 1.54) is 5.52 Å². The van der Waals surface area contributed by atoms with Gasteiger partial charge in [-0.05, 0) is 12.1 Å². The van der Waals surface area contributed by atoms with Crippen LogP contribution < -0.4 is 0 Å². The molecule has 3 rings (SSSR count). The fourth-order valence-corrected chi connectivity index (χ4v) is 1.55. The average molecular weight is 174 g/mol. The van der Waals surface area contributed by atoms with Crippen molar-refractivity contribution in [1.82, 2.24) is 9.55 Å². The van der Waals surface area contributed by atoms with Gasteiger partial charge in [-0.25, -0.2) is 4.98 Å². The Bertz CT molecular complexity index is 431. The van der Waals surface area contributed by atoms with E-state index in [1.807, 2.05) is 24.5 Å². The molecule has 66 valence electrons. The van der Waals surface area contributed by atoms with Gasteiger partial charge in [0.25, 0.3) is 0 Å². The number of epoxide rings is 1. The Morgan fingerprint density at radius 2 is 2.31 bits per heavy atom. The first kappa shape index (κ1) is 7.09. The van der Waals surface area contributed by atoms with Crippen molar-refractivity contribution in [3.05, 3.63) is 30.6 Å². The van der Waals surface area contributed by atoms with Crippen molar-refractivity contribution in [3.63, 3.8) is 0 Å². The second-order valence-electron chi connectivity index (χ2n) is 3.34. The van der Waals surface area contributed by atoms with E-state index in [-0.39, 0.29) is 0 Å². The SMILES string of the molecule is c1ccc2c(c1)ncn2C[C@H]1CO1. The van der Waals surface area contributed by atoms with E-state index in [1.54, 1.807) is 0 Å². The molecule has 13 heavy (non-hydrogen) atoms. The smallest absolute Gasteiger partial charge is 0.0988 e. The van der Waals surface area contributed by atoms with Gasteiger partial charge < -0.3 is 9.30 Å². The van der Waals surface area contributed by atoms with Gasteiger partial charge in [0.2, 0.25) is 0 Å². The highest BCUT2D eigenvalue weighted by atomic mass is 16.6. The van der Waals surface area contributed by atoms with Gasteiger partial charge in [0, 0.05) is 0 Å². The van der Waals surface area contributed by atoms with Crippen LogP contribution in [0.3, 0.4) is 0 Å². The normalized spacial score (nSPS) is 20.8. The molecule has 1 saturated heterocycles. The number of imidazole rings is 1. The number of ether oxygens (including phenoxy) is 1. The first-order valence-electron chi connectivity index (χ1n) is 4.45. The average Bonchev–Trinajstić information content (AvgIpc) is 2.88. The summed E-state index contributed by atoms with van der Waals surface area (Å²) in [6, 6.07) is 8.16. The van der Waals surface area contributed by atoms with E-state index in [9.17, 15) is 0 Å². The molecule has 3 heteroatoms. The zero-order valence-corrected chi connectivity index (χ0v) is 7.18. The zero-order chi connectivity index (χ0) is 8.67. The van der Waals surface area contributed by atoms with Crippen molar-refractivity contribution < 1.29 is 4.74 Å². The van der Waals surface area contributed by atoms with Crippen LogP contribution in [0.1, 0.15) is 0 Å². The molecule has 1 aliphatic heterocycles. The summed E-state index contributed by atoms with van der Waals surface area (Å²) in [5.41, 5.74) is 2.25. The summed E-state index contributed by atoms with van der Waals surface area (Å²) in [6.45, 7) is 1.83. The molecule has 1 aliphatic rings. The molecule has 0 spiro atoms. The minimum absolute atomic E-state index is 0.414. The molecule has 1 aromatic carbocycles. The molecular formula is C10H10N2O. The third-order valence-corrected chi connectivity index (χ3v) is 2.33. The van der Waals surface area contributed by atoms with Crippen molar-refractivity contribution in [2.75, 3.05) is 6.61 Å². The van der Waals surface area contributed by atoms with Gasteiger partial charge in [-0.15, -0.1) is 0 Å². The van der Waals surface area contributed by atoms with Crippen LogP contribution in [-0.2, 0) is 11.3 Å².